The lowest BCUT2D eigenvalue weighted by Gasteiger charge is -2.61. The van der Waals surface area contributed by atoms with Crippen molar-refractivity contribution in [3.8, 4) is 6.07 Å². The highest BCUT2D eigenvalue weighted by Gasteiger charge is 2.58. The van der Waals surface area contributed by atoms with Gasteiger partial charge in [0, 0.05) is 24.1 Å². The van der Waals surface area contributed by atoms with Crippen molar-refractivity contribution in [3.05, 3.63) is 0 Å². The molecular formula is C14H24N2O. The molecule has 96 valence electrons. The van der Waals surface area contributed by atoms with Gasteiger partial charge >= 0.3 is 0 Å². The molecule has 2 aliphatic rings. The molecule has 2 aliphatic carbocycles. The van der Waals surface area contributed by atoms with E-state index in [-0.39, 0.29) is 0 Å². The van der Waals surface area contributed by atoms with E-state index < -0.39 is 0 Å². The number of nitrogens with one attached hydrogen (secondary N) is 1. The highest BCUT2D eigenvalue weighted by molar-refractivity contribution is 5.12. The van der Waals surface area contributed by atoms with Crippen molar-refractivity contribution in [1.29, 1.82) is 5.26 Å². The zero-order valence-electron chi connectivity index (χ0n) is 11.0. The van der Waals surface area contributed by atoms with Gasteiger partial charge in [0.05, 0.1) is 18.6 Å². The van der Waals surface area contributed by atoms with Gasteiger partial charge in [-0.1, -0.05) is 13.3 Å². The third kappa shape index (κ3) is 2.21. The molecule has 0 amide bonds. The summed E-state index contributed by atoms with van der Waals surface area (Å²) >= 11 is 0. The summed E-state index contributed by atoms with van der Waals surface area (Å²) in [4.78, 5) is 0. The summed E-state index contributed by atoms with van der Waals surface area (Å²) in [6, 6.07) is 3.23. The Kier molecular flexibility index (Phi) is 4.06. The maximum absolute atomic E-state index is 8.79. The Hall–Kier alpha value is -0.590. The maximum atomic E-state index is 8.79. The Morgan fingerprint density at radius 3 is 2.71 bits per heavy atom. The predicted molar refractivity (Wildman–Crippen MR) is 67.5 cm³/mol. The highest BCUT2D eigenvalue weighted by atomic mass is 16.5. The molecule has 2 rings (SSSR count). The molecule has 0 aromatic heterocycles. The first-order chi connectivity index (χ1) is 8.26. The summed E-state index contributed by atoms with van der Waals surface area (Å²) in [6.45, 7) is 5.06. The Morgan fingerprint density at radius 1 is 1.47 bits per heavy atom. The topological polar surface area (TPSA) is 45.0 Å². The number of nitriles is 1. The Morgan fingerprint density at radius 2 is 2.24 bits per heavy atom. The molecule has 0 radical (unpaired) electrons. The molecule has 0 heterocycles. The fourth-order valence-corrected chi connectivity index (χ4v) is 3.39. The molecule has 2 saturated carbocycles. The van der Waals surface area contributed by atoms with Crippen molar-refractivity contribution < 1.29 is 4.74 Å². The predicted octanol–water partition coefficient (Wildman–Crippen LogP) is 2.62. The van der Waals surface area contributed by atoms with Gasteiger partial charge in [-0.25, -0.2) is 0 Å². The van der Waals surface area contributed by atoms with Gasteiger partial charge < -0.3 is 10.1 Å². The molecular weight excluding hydrogens is 212 g/mol. The monoisotopic (exact) mass is 236 g/mol. The minimum Gasteiger partial charge on any atom is -0.378 e. The minimum absolute atomic E-state index is 0.366. The van der Waals surface area contributed by atoms with Gasteiger partial charge in [0.2, 0.25) is 0 Å². The van der Waals surface area contributed by atoms with E-state index in [0.29, 0.717) is 30.0 Å². The number of nitrogens with zero attached hydrogens (tertiary/aromatic N) is 1. The van der Waals surface area contributed by atoms with Gasteiger partial charge in [-0.3, -0.25) is 0 Å². The molecule has 3 heteroatoms. The Balaban J connectivity index is 1.88. The van der Waals surface area contributed by atoms with Gasteiger partial charge in [-0.15, -0.1) is 0 Å². The summed E-state index contributed by atoms with van der Waals surface area (Å²) in [6.07, 6.45) is 7.23. The quantitative estimate of drug-likeness (QED) is 0.771. The van der Waals surface area contributed by atoms with E-state index in [1.807, 2.05) is 0 Å². The van der Waals surface area contributed by atoms with E-state index in [4.69, 9.17) is 10.00 Å². The lowest BCUT2D eigenvalue weighted by molar-refractivity contribution is -0.174. The number of rotatable bonds is 6. The van der Waals surface area contributed by atoms with Crippen LogP contribution in [0.5, 0.6) is 0 Å². The summed E-state index contributed by atoms with van der Waals surface area (Å²) in [5.41, 5.74) is 0.416. The van der Waals surface area contributed by atoms with Gasteiger partial charge in [0.25, 0.3) is 0 Å². The fourth-order valence-electron chi connectivity index (χ4n) is 3.39. The zero-order valence-corrected chi connectivity index (χ0v) is 11.0. The average Bonchev–Trinajstić information content (AvgIpc) is 2.24. The van der Waals surface area contributed by atoms with Gasteiger partial charge in [0.1, 0.15) is 0 Å². The van der Waals surface area contributed by atoms with Crippen molar-refractivity contribution in [1.82, 2.24) is 5.32 Å². The van der Waals surface area contributed by atoms with Crippen LogP contribution in [0, 0.1) is 16.7 Å². The highest BCUT2D eigenvalue weighted by Crippen LogP contribution is 2.57. The van der Waals surface area contributed by atoms with Crippen molar-refractivity contribution in [2.24, 2.45) is 5.41 Å². The molecule has 3 nitrogen and oxygen atoms in total. The SMILES string of the molecule is CCO[C@@H]1C[C@H](N[C@@H](CC)CC#N)C12CCC2. The zero-order chi connectivity index (χ0) is 12.3. The van der Waals surface area contributed by atoms with Crippen LogP contribution in [-0.4, -0.2) is 24.8 Å². The molecule has 3 atom stereocenters. The largest absolute Gasteiger partial charge is 0.378 e. The third-order valence-corrected chi connectivity index (χ3v) is 4.70. The lowest BCUT2D eigenvalue weighted by Crippen LogP contribution is -2.68. The maximum Gasteiger partial charge on any atom is 0.0661 e. The van der Waals surface area contributed by atoms with Crippen LogP contribution >= 0.6 is 0 Å². The van der Waals surface area contributed by atoms with E-state index in [1.54, 1.807) is 0 Å². The normalized spacial score (nSPS) is 31.4. The summed E-state index contributed by atoms with van der Waals surface area (Å²) in [7, 11) is 0. The second-order valence-electron chi connectivity index (χ2n) is 5.45. The first kappa shape index (κ1) is 12.9. The number of hydrogen-bond donors (Lipinski definition) is 1. The molecule has 0 unspecified atom stereocenters. The molecule has 0 aliphatic heterocycles. The van der Waals surface area contributed by atoms with E-state index in [0.717, 1.165) is 19.4 Å². The first-order valence-electron chi connectivity index (χ1n) is 7.01. The van der Waals surface area contributed by atoms with Crippen LogP contribution in [0.1, 0.15) is 52.4 Å². The smallest absolute Gasteiger partial charge is 0.0661 e. The van der Waals surface area contributed by atoms with Crippen molar-refractivity contribution in [2.45, 2.75) is 70.6 Å². The standard InChI is InChI=1S/C14H24N2O/c1-3-11(6-9-15)16-12-10-13(17-4-2)14(12)7-5-8-14/h11-13,16H,3-8,10H2,1-2H3/t11-,12-,13+/m0/s1. The molecule has 1 spiro atoms. The summed E-state index contributed by atoms with van der Waals surface area (Å²) in [5.74, 6) is 0. The van der Waals surface area contributed by atoms with E-state index in [9.17, 15) is 0 Å². The van der Waals surface area contributed by atoms with Gasteiger partial charge in [0.15, 0.2) is 0 Å². The molecule has 1 N–H and O–H groups in total. The van der Waals surface area contributed by atoms with Crippen LogP contribution < -0.4 is 5.32 Å². The molecule has 2 fully saturated rings. The average molecular weight is 236 g/mol. The number of hydrogen-bond acceptors (Lipinski definition) is 3. The number of ether oxygens (including phenoxy) is 1. The Bertz CT molecular complexity index is 293. The van der Waals surface area contributed by atoms with Crippen LogP contribution in [-0.2, 0) is 4.74 Å². The summed E-state index contributed by atoms with van der Waals surface area (Å²) in [5, 5.41) is 12.5. The lowest BCUT2D eigenvalue weighted by atomic mass is 9.51. The first-order valence-corrected chi connectivity index (χ1v) is 7.01. The summed E-state index contributed by atoms with van der Waals surface area (Å²) < 4.78 is 5.84. The third-order valence-electron chi connectivity index (χ3n) is 4.70. The van der Waals surface area contributed by atoms with Crippen LogP contribution in [0.3, 0.4) is 0 Å². The molecule has 0 aromatic rings. The molecule has 0 bridgehead atoms. The second-order valence-corrected chi connectivity index (χ2v) is 5.45. The van der Waals surface area contributed by atoms with E-state index in [2.05, 4.69) is 25.2 Å². The van der Waals surface area contributed by atoms with Gasteiger partial charge in [-0.05, 0) is 32.6 Å². The fraction of sp³-hybridized carbons (Fsp3) is 0.929. The van der Waals surface area contributed by atoms with Crippen molar-refractivity contribution in [3.63, 3.8) is 0 Å². The van der Waals surface area contributed by atoms with E-state index in [1.165, 1.54) is 19.3 Å². The van der Waals surface area contributed by atoms with Gasteiger partial charge in [-0.2, -0.15) is 5.26 Å². The molecule has 0 aromatic carbocycles. The van der Waals surface area contributed by atoms with Crippen LogP contribution in [0.4, 0.5) is 0 Å². The Labute approximate surface area is 105 Å². The van der Waals surface area contributed by atoms with Crippen LogP contribution in [0.15, 0.2) is 0 Å². The minimum atomic E-state index is 0.366. The van der Waals surface area contributed by atoms with E-state index >= 15 is 0 Å². The van der Waals surface area contributed by atoms with Crippen molar-refractivity contribution >= 4 is 0 Å². The second kappa shape index (κ2) is 5.37. The van der Waals surface area contributed by atoms with Crippen molar-refractivity contribution in [2.75, 3.05) is 6.61 Å². The van der Waals surface area contributed by atoms with Crippen LogP contribution in [0.25, 0.3) is 0 Å². The molecule has 17 heavy (non-hydrogen) atoms. The molecule has 0 saturated heterocycles. The van der Waals surface area contributed by atoms with Crippen LogP contribution in [0.2, 0.25) is 0 Å².